The number of anilines is 2. The van der Waals surface area contributed by atoms with E-state index in [-0.39, 0.29) is 23.5 Å². The summed E-state index contributed by atoms with van der Waals surface area (Å²) in [6.07, 6.45) is 2.66. The van der Waals surface area contributed by atoms with Gasteiger partial charge in [0.05, 0.1) is 20.3 Å². The van der Waals surface area contributed by atoms with Crippen molar-refractivity contribution < 1.29 is 32.5 Å². The first-order valence-electron chi connectivity index (χ1n) is 11.8. The largest absolute Gasteiger partial charge is 0.481 e. The van der Waals surface area contributed by atoms with Gasteiger partial charge in [-0.2, -0.15) is 13.8 Å². The van der Waals surface area contributed by atoms with Crippen molar-refractivity contribution in [1.82, 2.24) is 4.98 Å². The van der Waals surface area contributed by atoms with Gasteiger partial charge in [-0.25, -0.2) is 4.79 Å². The van der Waals surface area contributed by atoms with Crippen molar-refractivity contribution in [2.75, 3.05) is 30.5 Å². The number of hydrogen-bond acceptors (Lipinski definition) is 6. The number of methoxy groups -OCH3 is 1. The Morgan fingerprint density at radius 3 is 2.46 bits per heavy atom. The average molecular weight is 492 g/mol. The smallest absolute Gasteiger partial charge is 0.388 e. The van der Waals surface area contributed by atoms with Crippen LogP contribution in [0.2, 0.25) is 0 Å². The van der Waals surface area contributed by atoms with E-state index in [4.69, 9.17) is 14.2 Å². The fraction of sp³-hybridized carbons (Fsp3) is 0.520. The maximum Gasteiger partial charge on any atom is 0.388 e. The van der Waals surface area contributed by atoms with Crippen LogP contribution in [0.15, 0.2) is 36.4 Å². The minimum absolute atomic E-state index is 0.0258. The number of rotatable bonds is 7. The van der Waals surface area contributed by atoms with E-state index in [0.717, 1.165) is 11.3 Å². The number of pyridine rings is 1. The number of para-hydroxylation sites is 1. The zero-order valence-corrected chi connectivity index (χ0v) is 20.1. The molecule has 1 N–H and O–H groups in total. The summed E-state index contributed by atoms with van der Waals surface area (Å²) in [5, 5.41) is 2.74. The van der Waals surface area contributed by atoms with E-state index in [1.54, 1.807) is 4.90 Å². The zero-order valence-electron chi connectivity index (χ0n) is 20.1. The minimum atomic E-state index is -3.11. The first-order valence-corrected chi connectivity index (χ1v) is 11.8. The molecule has 1 aromatic carbocycles. The lowest BCUT2D eigenvalue weighted by Gasteiger charge is -2.41. The van der Waals surface area contributed by atoms with Crippen LogP contribution in [0.3, 0.4) is 0 Å². The van der Waals surface area contributed by atoms with Crippen LogP contribution in [0.4, 0.5) is 25.0 Å². The van der Waals surface area contributed by atoms with Gasteiger partial charge in [-0.05, 0) is 36.5 Å². The molecule has 190 valence electrons. The molecule has 2 fully saturated rings. The number of carbonyl (C=O) groups is 1. The highest BCUT2D eigenvalue weighted by Crippen LogP contribution is 2.40. The Morgan fingerprint density at radius 1 is 1.14 bits per heavy atom. The number of ether oxygens (including phenoxy) is 4. The van der Waals surface area contributed by atoms with E-state index in [0.29, 0.717) is 38.9 Å². The SMILES string of the molecule is COc1ccc(NC(=O)N(c2ccccc2C(C)C)C2CCC3(CC2)OCCO3)c(OC(F)F)n1. The Hall–Kier alpha value is -2.98. The molecule has 4 rings (SSSR count). The summed E-state index contributed by atoms with van der Waals surface area (Å²) >= 11 is 0. The van der Waals surface area contributed by atoms with E-state index in [9.17, 15) is 13.6 Å². The number of benzene rings is 1. The molecule has 10 heteroatoms. The maximum absolute atomic E-state index is 13.7. The summed E-state index contributed by atoms with van der Waals surface area (Å²) in [6, 6.07) is 10.0. The quantitative estimate of drug-likeness (QED) is 0.548. The maximum atomic E-state index is 13.7. The number of nitrogens with one attached hydrogen (secondary N) is 1. The fourth-order valence-electron chi connectivity index (χ4n) is 4.74. The summed E-state index contributed by atoms with van der Waals surface area (Å²) in [4.78, 5) is 19.4. The van der Waals surface area contributed by atoms with Gasteiger partial charge in [0.2, 0.25) is 11.8 Å². The Labute approximate surface area is 203 Å². The van der Waals surface area contributed by atoms with Crippen molar-refractivity contribution >= 4 is 17.4 Å². The summed E-state index contributed by atoms with van der Waals surface area (Å²) in [5.41, 5.74) is 1.80. The molecular formula is C25H31F2N3O5. The molecule has 0 atom stereocenters. The summed E-state index contributed by atoms with van der Waals surface area (Å²) in [7, 11) is 1.37. The standard InChI is InChI=1S/C25H31F2N3O5/c1-16(2)18-6-4-5-7-20(18)30(17-10-12-25(13-11-17)33-14-15-34-25)24(31)28-19-8-9-21(32-3)29-22(19)35-23(26)27/h4-9,16-17,23H,10-15H2,1-3H3,(H,28,31). The van der Waals surface area contributed by atoms with Crippen molar-refractivity contribution in [3.63, 3.8) is 0 Å². The molecule has 1 aromatic heterocycles. The van der Waals surface area contributed by atoms with Crippen molar-refractivity contribution in [3.8, 4) is 11.8 Å². The van der Waals surface area contributed by atoms with E-state index in [1.165, 1.54) is 19.2 Å². The Kier molecular flexibility index (Phi) is 7.71. The van der Waals surface area contributed by atoms with E-state index in [1.807, 2.05) is 24.3 Å². The van der Waals surface area contributed by atoms with Crippen molar-refractivity contribution in [2.45, 2.75) is 63.9 Å². The van der Waals surface area contributed by atoms with Crippen LogP contribution in [0.1, 0.15) is 51.0 Å². The van der Waals surface area contributed by atoms with Gasteiger partial charge < -0.3 is 24.3 Å². The highest BCUT2D eigenvalue weighted by atomic mass is 19.3. The predicted molar refractivity (Wildman–Crippen MR) is 126 cm³/mol. The number of alkyl halides is 2. The molecule has 2 heterocycles. The lowest BCUT2D eigenvalue weighted by atomic mass is 9.88. The number of urea groups is 1. The van der Waals surface area contributed by atoms with Crippen LogP contribution < -0.4 is 19.7 Å². The van der Waals surface area contributed by atoms with Crippen molar-refractivity contribution in [2.24, 2.45) is 0 Å². The molecule has 2 aromatic rings. The topological polar surface area (TPSA) is 82.2 Å². The second-order valence-electron chi connectivity index (χ2n) is 8.94. The third-order valence-electron chi connectivity index (χ3n) is 6.42. The van der Waals surface area contributed by atoms with Gasteiger partial charge in [-0.15, -0.1) is 0 Å². The molecule has 8 nitrogen and oxygen atoms in total. The van der Waals surface area contributed by atoms with E-state index in [2.05, 4.69) is 28.9 Å². The van der Waals surface area contributed by atoms with Crippen LogP contribution in [0, 0.1) is 0 Å². The second kappa shape index (κ2) is 10.7. The van der Waals surface area contributed by atoms with Crippen LogP contribution in [-0.2, 0) is 9.47 Å². The molecule has 1 saturated heterocycles. The van der Waals surface area contributed by atoms with Gasteiger partial charge in [-0.1, -0.05) is 32.0 Å². The van der Waals surface area contributed by atoms with E-state index < -0.39 is 24.3 Å². The lowest BCUT2D eigenvalue weighted by molar-refractivity contribution is -0.178. The molecule has 0 bridgehead atoms. The Morgan fingerprint density at radius 2 is 1.83 bits per heavy atom. The number of hydrogen-bond donors (Lipinski definition) is 1. The normalized spacial score (nSPS) is 17.7. The molecule has 1 saturated carbocycles. The summed E-state index contributed by atoms with van der Waals surface area (Å²) < 4.78 is 47.3. The molecule has 1 aliphatic heterocycles. The Bertz CT molecular complexity index is 1020. The summed E-state index contributed by atoms with van der Waals surface area (Å²) in [5.74, 6) is -0.734. The third kappa shape index (κ3) is 5.65. The monoisotopic (exact) mass is 491 g/mol. The molecule has 1 aliphatic carbocycles. The lowest BCUT2D eigenvalue weighted by Crippen LogP contribution is -2.48. The van der Waals surface area contributed by atoms with Gasteiger partial charge in [0.15, 0.2) is 5.79 Å². The number of aromatic nitrogens is 1. The van der Waals surface area contributed by atoms with Gasteiger partial charge in [0.25, 0.3) is 0 Å². The predicted octanol–water partition coefficient (Wildman–Crippen LogP) is 5.54. The van der Waals surface area contributed by atoms with Gasteiger partial charge in [-0.3, -0.25) is 4.90 Å². The fourth-order valence-corrected chi connectivity index (χ4v) is 4.74. The number of amides is 2. The molecule has 0 radical (unpaired) electrons. The van der Waals surface area contributed by atoms with Crippen LogP contribution >= 0.6 is 0 Å². The molecule has 1 spiro atoms. The van der Waals surface area contributed by atoms with Crippen molar-refractivity contribution in [3.05, 3.63) is 42.0 Å². The van der Waals surface area contributed by atoms with Gasteiger partial charge in [0.1, 0.15) is 5.69 Å². The number of halogens is 2. The average Bonchev–Trinajstić information content (AvgIpc) is 3.29. The number of nitrogens with zero attached hydrogens (tertiary/aromatic N) is 2. The first kappa shape index (κ1) is 25.1. The zero-order chi connectivity index (χ0) is 25.0. The molecule has 2 aliphatic rings. The Balaban J connectivity index is 1.65. The second-order valence-corrected chi connectivity index (χ2v) is 8.94. The highest BCUT2D eigenvalue weighted by Gasteiger charge is 2.43. The van der Waals surface area contributed by atoms with Gasteiger partial charge in [0, 0.05) is 30.6 Å². The molecular weight excluding hydrogens is 460 g/mol. The minimum Gasteiger partial charge on any atom is -0.481 e. The molecule has 2 amide bonds. The van der Waals surface area contributed by atoms with E-state index >= 15 is 0 Å². The van der Waals surface area contributed by atoms with Gasteiger partial charge >= 0.3 is 12.6 Å². The van der Waals surface area contributed by atoms with Crippen LogP contribution in [0.5, 0.6) is 11.8 Å². The van der Waals surface area contributed by atoms with Crippen molar-refractivity contribution in [1.29, 1.82) is 0 Å². The highest BCUT2D eigenvalue weighted by molar-refractivity contribution is 6.03. The van der Waals surface area contributed by atoms with Crippen LogP contribution in [0.25, 0.3) is 0 Å². The first-order chi connectivity index (χ1) is 16.8. The summed E-state index contributed by atoms with van der Waals surface area (Å²) in [6.45, 7) is 2.16. The van der Waals surface area contributed by atoms with Crippen LogP contribution in [-0.4, -0.2) is 49.8 Å². The number of carbonyl (C=O) groups excluding carboxylic acids is 1. The third-order valence-corrected chi connectivity index (χ3v) is 6.42. The molecule has 35 heavy (non-hydrogen) atoms. The molecule has 0 unspecified atom stereocenters.